The highest BCUT2D eigenvalue weighted by molar-refractivity contribution is 5.77. The molecule has 0 aliphatic carbocycles. The fourth-order valence-corrected chi connectivity index (χ4v) is 1.54. The van der Waals surface area contributed by atoms with E-state index >= 15 is 0 Å². The lowest BCUT2D eigenvalue weighted by Crippen LogP contribution is -2.31. The second kappa shape index (κ2) is 7.01. The molecule has 0 fully saturated rings. The van der Waals surface area contributed by atoms with Crippen molar-refractivity contribution in [2.24, 2.45) is 0 Å². The van der Waals surface area contributed by atoms with Crippen molar-refractivity contribution in [2.75, 3.05) is 13.6 Å². The SMILES string of the molecule is CCCc1ccc(CNC(=O)CNC)cc1. The summed E-state index contributed by atoms with van der Waals surface area (Å²) in [5, 5.41) is 5.67. The first kappa shape index (κ1) is 12.7. The maximum absolute atomic E-state index is 11.2. The number of hydrogen-bond acceptors (Lipinski definition) is 2. The normalized spacial score (nSPS) is 10.1. The van der Waals surface area contributed by atoms with Gasteiger partial charge in [-0.05, 0) is 24.6 Å². The molecule has 1 aromatic carbocycles. The van der Waals surface area contributed by atoms with Crippen LogP contribution >= 0.6 is 0 Å². The van der Waals surface area contributed by atoms with Crippen LogP contribution < -0.4 is 10.6 Å². The highest BCUT2D eigenvalue weighted by Crippen LogP contribution is 2.06. The van der Waals surface area contributed by atoms with Gasteiger partial charge in [0.1, 0.15) is 0 Å². The number of benzene rings is 1. The average molecular weight is 220 g/mol. The summed E-state index contributed by atoms with van der Waals surface area (Å²) < 4.78 is 0. The number of nitrogens with one attached hydrogen (secondary N) is 2. The number of rotatable bonds is 6. The number of carbonyl (C=O) groups is 1. The fraction of sp³-hybridized carbons (Fsp3) is 0.462. The molecule has 1 rings (SSSR count). The Labute approximate surface area is 97.2 Å². The van der Waals surface area contributed by atoms with Crippen LogP contribution in [0.4, 0.5) is 0 Å². The van der Waals surface area contributed by atoms with Crippen LogP contribution in [0.2, 0.25) is 0 Å². The van der Waals surface area contributed by atoms with Crippen LogP contribution in [-0.4, -0.2) is 19.5 Å². The van der Waals surface area contributed by atoms with Gasteiger partial charge in [0, 0.05) is 6.54 Å². The van der Waals surface area contributed by atoms with Crippen molar-refractivity contribution in [1.29, 1.82) is 0 Å². The Hall–Kier alpha value is -1.35. The molecule has 0 saturated carbocycles. The van der Waals surface area contributed by atoms with Gasteiger partial charge in [-0.25, -0.2) is 0 Å². The van der Waals surface area contributed by atoms with E-state index in [-0.39, 0.29) is 5.91 Å². The molecule has 1 aromatic rings. The molecular formula is C13H20N2O. The van der Waals surface area contributed by atoms with Crippen LogP contribution in [0.3, 0.4) is 0 Å². The van der Waals surface area contributed by atoms with Crippen molar-refractivity contribution >= 4 is 5.91 Å². The van der Waals surface area contributed by atoms with Gasteiger partial charge in [0.2, 0.25) is 5.91 Å². The van der Waals surface area contributed by atoms with E-state index in [9.17, 15) is 4.79 Å². The minimum atomic E-state index is 0.0279. The summed E-state index contributed by atoms with van der Waals surface area (Å²) in [6.45, 7) is 3.15. The molecule has 3 heteroatoms. The summed E-state index contributed by atoms with van der Waals surface area (Å²) in [6.07, 6.45) is 2.28. The fourth-order valence-electron chi connectivity index (χ4n) is 1.54. The summed E-state index contributed by atoms with van der Waals surface area (Å²) in [6, 6.07) is 8.40. The highest BCUT2D eigenvalue weighted by atomic mass is 16.1. The first-order valence-electron chi connectivity index (χ1n) is 5.75. The predicted molar refractivity (Wildman–Crippen MR) is 66.2 cm³/mol. The van der Waals surface area contributed by atoms with Crippen LogP contribution in [-0.2, 0) is 17.8 Å². The Morgan fingerprint density at radius 2 is 1.81 bits per heavy atom. The third kappa shape index (κ3) is 4.45. The van der Waals surface area contributed by atoms with Gasteiger partial charge >= 0.3 is 0 Å². The van der Waals surface area contributed by atoms with Gasteiger partial charge in [0.05, 0.1) is 6.54 Å². The van der Waals surface area contributed by atoms with E-state index in [1.165, 1.54) is 5.56 Å². The lowest BCUT2D eigenvalue weighted by molar-refractivity contribution is -0.120. The summed E-state index contributed by atoms with van der Waals surface area (Å²) in [4.78, 5) is 11.2. The quantitative estimate of drug-likeness (QED) is 0.762. The molecule has 1 amide bonds. The number of aryl methyl sites for hydroxylation is 1. The summed E-state index contributed by atoms with van der Waals surface area (Å²) in [7, 11) is 1.76. The van der Waals surface area contributed by atoms with E-state index in [0.717, 1.165) is 18.4 Å². The van der Waals surface area contributed by atoms with E-state index in [1.807, 2.05) is 0 Å². The van der Waals surface area contributed by atoms with Crippen LogP contribution in [0.5, 0.6) is 0 Å². The topological polar surface area (TPSA) is 41.1 Å². The molecule has 0 aliphatic heterocycles. The monoisotopic (exact) mass is 220 g/mol. The van der Waals surface area contributed by atoms with E-state index in [1.54, 1.807) is 7.05 Å². The minimum Gasteiger partial charge on any atom is -0.351 e. The maximum atomic E-state index is 11.2. The first-order valence-corrected chi connectivity index (χ1v) is 5.75. The van der Waals surface area contributed by atoms with Gasteiger partial charge in [0.15, 0.2) is 0 Å². The minimum absolute atomic E-state index is 0.0279. The molecule has 2 N–H and O–H groups in total. The van der Waals surface area contributed by atoms with Gasteiger partial charge in [-0.15, -0.1) is 0 Å². The second-order valence-electron chi connectivity index (χ2n) is 3.87. The molecule has 3 nitrogen and oxygen atoms in total. The molecule has 0 aliphatic rings. The van der Waals surface area contributed by atoms with Gasteiger partial charge < -0.3 is 10.6 Å². The van der Waals surface area contributed by atoms with Crippen molar-refractivity contribution in [3.8, 4) is 0 Å². The third-order valence-electron chi connectivity index (χ3n) is 2.39. The van der Waals surface area contributed by atoms with Crippen molar-refractivity contribution in [1.82, 2.24) is 10.6 Å². The smallest absolute Gasteiger partial charge is 0.234 e. The first-order chi connectivity index (χ1) is 7.76. The zero-order valence-electron chi connectivity index (χ0n) is 10.0. The molecule has 0 aromatic heterocycles. The Kier molecular flexibility index (Phi) is 5.57. The van der Waals surface area contributed by atoms with Crippen molar-refractivity contribution in [2.45, 2.75) is 26.3 Å². The van der Waals surface area contributed by atoms with Gasteiger partial charge in [-0.3, -0.25) is 4.79 Å². The lowest BCUT2D eigenvalue weighted by Gasteiger charge is -2.05. The molecule has 0 bridgehead atoms. The van der Waals surface area contributed by atoms with Crippen LogP contribution in [0.1, 0.15) is 24.5 Å². The lowest BCUT2D eigenvalue weighted by atomic mass is 10.1. The standard InChI is InChI=1S/C13H20N2O/c1-3-4-11-5-7-12(8-6-11)9-15-13(16)10-14-2/h5-8,14H,3-4,9-10H2,1-2H3,(H,15,16). The van der Waals surface area contributed by atoms with Crippen molar-refractivity contribution in [3.05, 3.63) is 35.4 Å². The molecule has 0 saturated heterocycles. The predicted octanol–water partition coefficient (Wildman–Crippen LogP) is 1.47. The Bertz CT molecular complexity index is 319. The van der Waals surface area contributed by atoms with E-state index in [4.69, 9.17) is 0 Å². The highest BCUT2D eigenvalue weighted by Gasteiger charge is 1.99. The number of carbonyl (C=O) groups excluding carboxylic acids is 1. The Balaban J connectivity index is 2.40. The summed E-state index contributed by atoms with van der Waals surface area (Å²) in [5.74, 6) is 0.0279. The Morgan fingerprint density at radius 3 is 2.38 bits per heavy atom. The van der Waals surface area contributed by atoms with Gasteiger partial charge in [-0.1, -0.05) is 37.6 Å². The van der Waals surface area contributed by atoms with E-state index in [0.29, 0.717) is 13.1 Å². The zero-order chi connectivity index (χ0) is 11.8. The molecule has 0 spiro atoms. The number of likely N-dealkylation sites (N-methyl/N-ethyl adjacent to an activating group) is 1. The molecule has 0 atom stereocenters. The van der Waals surface area contributed by atoms with Crippen LogP contribution in [0.15, 0.2) is 24.3 Å². The summed E-state index contributed by atoms with van der Waals surface area (Å²) >= 11 is 0. The van der Waals surface area contributed by atoms with Crippen molar-refractivity contribution in [3.63, 3.8) is 0 Å². The van der Waals surface area contributed by atoms with Gasteiger partial charge in [0.25, 0.3) is 0 Å². The van der Waals surface area contributed by atoms with Crippen LogP contribution in [0, 0.1) is 0 Å². The molecule has 0 unspecified atom stereocenters. The zero-order valence-corrected chi connectivity index (χ0v) is 10.0. The maximum Gasteiger partial charge on any atom is 0.234 e. The van der Waals surface area contributed by atoms with Crippen LogP contribution in [0.25, 0.3) is 0 Å². The number of amides is 1. The molecule has 88 valence electrons. The van der Waals surface area contributed by atoms with Crippen molar-refractivity contribution < 1.29 is 4.79 Å². The average Bonchev–Trinajstić information content (AvgIpc) is 2.29. The number of hydrogen-bond donors (Lipinski definition) is 2. The Morgan fingerprint density at radius 1 is 1.19 bits per heavy atom. The summed E-state index contributed by atoms with van der Waals surface area (Å²) in [5.41, 5.74) is 2.50. The molecule has 16 heavy (non-hydrogen) atoms. The van der Waals surface area contributed by atoms with E-state index < -0.39 is 0 Å². The molecular weight excluding hydrogens is 200 g/mol. The van der Waals surface area contributed by atoms with E-state index in [2.05, 4.69) is 41.8 Å². The second-order valence-corrected chi connectivity index (χ2v) is 3.87. The molecule has 0 heterocycles. The van der Waals surface area contributed by atoms with Gasteiger partial charge in [-0.2, -0.15) is 0 Å². The largest absolute Gasteiger partial charge is 0.351 e. The third-order valence-corrected chi connectivity index (χ3v) is 2.39. The molecule has 0 radical (unpaired) electrons.